The van der Waals surface area contributed by atoms with Gasteiger partial charge in [-0.1, -0.05) is 82.6 Å². The van der Waals surface area contributed by atoms with Gasteiger partial charge in [0, 0.05) is 12.8 Å². The Bertz CT molecular complexity index is 654. The number of carbonyl (C=O) groups is 2. The predicted octanol–water partition coefficient (Wildman–Crippen LogP) is 6.54. The number of allylic oxidation sites excluding steroid dienone is 2. The highest BCUT2D eigenvalue weighted by Crippen LogP contribution is 2.13. The van der Waals surface area contributed by atoms with Crippen LogP contribution >= 0.6 is 0 Å². The van der Waals surface area contributed by atoms with Crippen LogP contribution < -0.4 is 5.32 Å². The standard InChI is InChI=1S/C27H43NO4/c1-2-3-4-5-6-7-8-9-10-11-12-13-14-15-16-17-26(30)28-25(27(31)32)22-23-18-20-24(29)21-19-23/h12-13,18-21,25,29H,2-11,14-17,22H2,1H3,(H,28,30)(H,31,32)/t25-/m0/s1. The van der Waals surface area contributed by atoms with Gasteiger partial charge in [0.15, 0.2) is 0 Å². The molecule has 0 aromatic heterocycles. The highest BCUT2D eigenvalue weighted by molar-refractivity contribution is 5.83. The van der Waals surface area contributed by atoms with Crippen LogP contribution in [0.3, 0.4) is 0 Å². The normalized spacial score (nSPS) is 12.2. The fourth-order valence-corrected chi connectivity index (χ4v) is 3.69. The lowest BCUT2D eigenvalue weighted by molar-refractivity contribution is -0.141. The van der Waals surface area contributed by atoms with E-state index in [9.17, 15) is 19.8 Å². The fraction of sp³-hybridized carbons (Fsp3) is 0.630. The van der Waals surface area contributed by atoms with Crippen LogP contribution in [0.25, 0.3) is 0 Å². The zero-order valence-corrected chi connectivity index (χ0v) is 19.9. The molecule has 0 spiro atoms. The molecular weight excluding hydrogens is 402 g/mol. The summed E-state index contributed by atoms with van der Waals surface area (Å²) in [6.45, 7) is 2.25. The van der Waals surface area contributed by atoms with Crippen LogP contribution in [0.1, 0.15) is 102 Å². The summed E-state index contributed by atoms with van der Waals surface area (Å²) < 4.78 is 0. The minimum atomic E-state index is -1.05. The van der Waals surface area contributed by atoms with Gasteiger partial charge < -0.3 is 15.5 Å². The van der Waals surface area contributed by atoms with Crippen LogP contribution in [-0.4, -0.2) is 28.1 Å². The van der Waals surface area contributed by atoms with Gasteiger partial charge in [0.05, 0.1) is 0 Å². The zero-order chi connectivity index (χ0) is 23.4. The molecule has 1 aromatic carbocycles. The molecule has 5 nitrogen and oxygen atoms in total. The molecule has 0 aliphatic rings. The molecule has 5 heteroatoms. The number of hydrogen-bond acceptors (Lipinski definition) is 3. The number of aliphatic carboxylic acids is 1. The second kappa shape index (κ2) is 18.3. The minimum absolute atomic E-state index is 0.131. The highest BCUT2D eigenvalue weighted by Gasteiger charge is 2.20. The minimum Gasteiger partial charge on any atom is -0.508 e. The van der Waals surface area contributed by atoms with E-state index >= 15 is 0 Å². The van der Waals surface area contributed by atoms with Crippen molar-refractivity contribution in [1.82, 2.24) is 5.32 Å². The predicted molar refractivity (Wildman–Crippen MR) is 131 cm³/mol. The summed E-state index contributed by atoms with van der Waals surface area (Å²) in [5, 5.41) is 21.3. The molecule has 1 amide bonds. The number of rotatable bonds is 19. The summed E-state index contributed by atoms with van der Waals surface area (Å²) in [4.78, 5) is 23.5. The van der Waals surface area contributed by atoms with E-state index in [-0.39, 0.29) is 18.1 Å². The molecule has 0 heterocycles. The van der Waals surface area contributed by atoms with Crippen LogP contribution in [0.5, 0.6) is 5.75 Å². The Balaban J connectivity index is 2.04. The lowest BCUT2D eigenvalue weighted by Crippen LogP contribution is -2.42. The molecule has 1 atom stereocenters. The summed E-state index contributed by atoms with van der Waals surface area (Å²) in [7, 11) is 0. The first-order valence-electron chi connectivity index (χ1n) is 12.5. The third-order valence-electron chi connectivity index (χ3n) is 5.68. The van der Waals surface area contributed by atoms with Gasteiger partial charge >= 0.3 is 5.97 Å². The first-order valence-corrected chi connectivity index (χ1v) is 12.5. The summed E-state index contributed by atoms with van der Waals surface area (Å²) in [5.41, 5.74) is 0.757. The van der Waals surface area contributed by atoms with E-state index in [2.05, 4.69) is 24.4 Å². The van der Waals surface area contributed by atoms with Crippen molar-refractivity contribution in [3.8, 4) is 5.75 Å². The Morgan fingerprint density at radius 3 is 1.94 bits per heavy atom. The number of aromatic hydroxyl groups is 1. The van der Waals surface area contributed by atoms with Gasteiger partial charge in [0.2, 0.25) is 5.91 Å². The number of carboxylic acid groups (broad SMARTS) is 1. The van der Waals surface area contributed by atoms with Crippen molar-refractivity contribution in [3.63, 3.8) is 0 Å². The number of nitrogens with one attached hydrogen (secondary N) is 1. The van der Waals surface area contributed by atoms with Crippen LogP contribution in [-0.2, 0) is 16.0 Å². The number of phenolic OH excluding ortho intramolecular Hbond substituents is 1. The number of unbranched alkanes of at least 4 members (excludes halogenated alkanes) is 11. The number of carbonyl (C=O) groups excluding carboxylic acids is 1. The van der Waals surface area contributed by atoms with Crippen LogP contribution in [0.15, 0.2) is 36.4 Å². The summed E-state index contributed by atoms with van der Waals surface area (Å²) in [6.07, 6.45) is 20.9. The molecule has 0 fully saturated rings. The Hall–Kier alpha value is -2.30. The van der Waals surface area contributed by atoms with Crippen LogP contribution in [0.2, 0.25) is 0 Å². The largest absolute Gasteiger partial charge is 0.508 e. The van der Waals surface area contributed by atoms with E-state index in [0.717, 1.165) is 31.2 Å². The van der Waals surface area contributed by atoms with Gasteiger partial charge in [-0.05, 0) is 49.8 Å². The molecular formula is C27H43NO4. The van der Waals surface area contributed by atoms with Crippen molar-refractivity contribution >= 4 is 11.9 Å². The highest BCUT2D eigenvalue weighted by atomic mass is 16.4. The molecule has 3 N–H and O–H groups in total. The SMILES string of the molecule is CCCCCCCCCCCC=CCCCCC(=O)N[C@@H](Cc1ccc(O)cc1)C(=O)O. The smallest absolute Gasteiger partial charge is 0.326 e. The van der Waals surface area contributed by atoms with Gasteiger partial charge in [-0.15, -0.1) is 0 Å². The van der Waals surface area contributed by atoms with Gasteiger partial charge in [-0.2, -0.15) is 0 Å². The molecule has 1 aromatic rings. The summed E-state index contributed by atoms with van der Waals surface area (Å²) in [5.74, 6) is -1.15. The van der Waals surface area contributed by atoms with Crippen LogP contribution in [0.4, 0.5) is 0 Å². The Labute approximate surface area is 194 Å². The number of hydrogen-bond donors (Lipinski definition) is 3. The topological polar surface area (TPSA) is 86.6 Å². The maximum Gasteiger partial charge on any atom is 0.326 e. The van der Waals surface area contributed by atoms with Crippen molar-refractivity contribution in [3.05, 3.63) is 42.0 Å². The number of carboxylic acids is 1. The average molecular weight is 446 g/mol. The molecule has 180 valence electrons. The van der Waals surface area contributed by atoms with Crippen molar-refractivity contribution in [2.75, 3.05) is 0 Å². The third kappa shape index (κ3) is 14.7. The molecule has 0 aliphatic heterocycles. The number of benzene rings is 1. The molecule has 0 bridgehead atoms. The summed E-state index contributed by atoms with van der Waals surface area (Å²) >= 11 is 0. The Morgan fingerprint density at radius 2 is 1.38 bits per heavy atom. The number of amides is 1. The quantitative estimate of drug-likeness (QED) is 0.167. The first kappa shape index (κ1) is 27.7. The van der Waals surface area contributed by atoms with E-state index in [1.807, 2.05) is 0 Å². The van der Waals surface area contributed by atoms with E-state index in [0.29, 0.717) is 6.42 Å². The second-order valence-electron chi connectivity index (χ2n) is 8.66. The molecule has 0 radical (unpaired) electrons. The van der Waals surface area contributed by atoms with E-state index in [1.54, 1.807) is 12.1 Å². The number of phenols is 1. The van der Waals surface area contributed by atoms with Crippen molar-refractivity contribution in [1.29, 1.82) is 0 Å². The monoisotopic (exact) mass is 445 g/mol. The fourth-order valence-electron chi connectivity index (χ4n) is 3.69. The van der Waals surface area contributed by atoms with Gasteiger partial charge in [0.25, 0.3) is 0 Å². The Morgan fingerprint density at radius 1 is 0.844 bits per heavy atom. The zero-order valence-electron chi connectivity index (χ0n) is 19.9. The average Bonchev–Trinajstić information content (AvgIpc) is 2.77. The lowest BCUT2D eigenvalue weighted by atomic mass is 10.1. The summed E-state index contributed by atoms with van der Waals surface area (Å²) in [6, 6.07) is 5.40. The maximum atomic E-state index is 12.1. The van der Waals surface area contributed by atoms with Crippen LogP contribution in [0, 0.1) is 0 Å². The van der Waals surface area contributed by atoms with Crippen molar-refractivity contribution < 1.29 is 19.8 Å². The van der Waals surface area contributed by atoms with Gasteiger partial charge in [-0.25, -0.2) is 4.79 Å². The lowest BCUT2D eigenvalue weighted by Gasteiger charge is -2.14. The molecule has 32 heavy (non-hydrogen) atoms. The molecule has 0 saturated heterocycles. The first-order chi connectivity index (χ1) is 15.5. The maximum absolute atomic E-state index is 12.1. The second-order valence-corrected chi connectivity index (χ2v) is 8.66. The third-order valence-corrected chi connectivity index (χ3v) is 5.68. The molecule has 0 aliphatic carbocycles. The van der Waals surface area contributed by atoms with Gasteiger partial charge in [0.1, 0.15) is 11.8 Å². The van der Waals surface area contributed by atoms with Crippen molar-refractivity contribution in [2.45, 2.75) is 109 Å². The molecule has 0 unspecified atom stereocenters. The van der Waals surface area contributed by atoms with E-state index < -0.39 is 12.0 Å². The molecule has 1 rings (SSSR count). The van der Waals surface area contributed by atoms with E-state index in [1.165, 1.54) is 69.9 Å². The van der Waals surface area contributed by atoms with E-state index in [4.69, 9.17) is 0 Å². The Kier molecular flexibility index (Phi) is 15.9. The molecule has 0 saturated carbocycles. The van der Waals surface area contributed by atoms with Crippen molar-refractivity contribution in [2.24, 2.45) is 0 Å². The van der Waals surface area contributed by atoms with Gasteiger partial charge in [-0.3, -0.25) is 4.79 Å².